The molecule has 0 spiro atoms. The topological polar surface area (TPSA) is 64.0 Å². The maximum atomic E-state index is 12.3. The molecule has 0 unspecified atom stereocenters. The van der Waals surface area contributed by atoms with E-state index in [0.717, 1.165) is 24.0 Å². The van der Waals surface area contributed by atoms with Crippen molar-refractivity contribution in [2.24, 2.45) is 0 Å². The highest BCUT2D eigenvalue weighted by Gasteiger charge is 2.14. The lowest BCUT2D eigenvalue weighted by molar-refractivity contribution is 0.601. The molecule has 0 aliphatic rings. The minimum Gasteiger partial charge on any atom is -0.331 e. The van der Waals surface area contributed by atoms with Crippen LogP contribution in [-0.2, 0) is 16.6 Å². The van der Waals surface area contributed by atoms with Crippen LogP contribution in [0.1, 0.15) is 13.3 Å². The highest BCUT2D eigenvalue weighted by molar-refractivity contribution is 7.92. The van der Waals surface area contributed by atoms with Gasteiger partial charge in [-0.2, -0.15) is 0 Å². The molecule has 6 heteroatoms. The zero-order chi connectivity index (χ0) is 15.6. The van der Waals surface area contributed by atoms with E-state index in [-0.39, 0.29) is 4.90 Å². The van der Waals surface area contributed by atoms with Crippen LogP contribution < -0.4 is 4.72 Å². The number of hydrogen-bond acceptors (Lipinski definition) is 3. The average molecular weight is 315 g/mol. The molecule has 0 radical (unpaired) electrons. The van der Waals surface area contributed by atoms with E-state index in [2.05, 4.69) is 21.2 Å². The molecule has 0 saturated heterocycles. The molecule has 0 amide bonds. The van der Waals surface area contributed by atoms with Crippen LogP contribution in [-0.4, -0.2) is 18.0 Å². The second-order valence-electron chi connectivity index (χ2n) is 5.06. The van der Waals surface area contributed by atoms with Gasteiger partial charge in [-0.15, -0.1) is 0 Å². The van der Waals surface area contributed by atoms with Crippen molar-refractivity contribution in [3.63, 3.8) is 0 Å². The Kier molecular flexibility index (Phi) is 3.85. The van der Waals surface area contributed by atoms with Gasteiger partial charge in [-0.3, -0.25) is 4.72 Å². The summed E-state index contributed by atoms with van der Waals surface area (Å²) in [5, 5.41) is 0. The summed E-state index contributed by atoms with van der Waals surface area (Å²) in [6, 6.07) is 13.7. The van der Waals surface area contributed by atoms with Crippen molar-refractivity contribution in [2.75, 3.05) is 4.72 Å². The first-order valence-electron chi connectivity index (χ1n) is 7.13. The summed E-state index contributed by atoms with van der Waals surface area (Å²) < 4.78 is 29.3. The number of anilines is 1. The Morgan fingerprint density at radius 3 is 2.64 bits per heavy atom. The van der Waals surface area contributed by atoms with E-state index in [9.17, 15) is 8.42 Å². The molecule has 0 aliphatic heterocycles. The summed E-state index contributed by atoms with van der Waals surface area (Å²) in [6.07, 6.45) is 2.80. The van der Waals surface area contributed by atoms with Crippen molar-refractivity contribution < 1.29 is 8.42 Å². The second-order valence-corrected chi connectivity index (χ2v) is 6.74. The number of imidazole rings is 1. The van der Waals surface area contributed by atoms with Gasteiger partial charge in [0.2, 0.25) is 0 Å². The standard InChI is InChI=1S/C16H17N3O2S/c1-2-10-19-12-17-15-11-13(8-9-16(15)19)18-22(20,21)14-6-4-3-5-7-14/h3-9,11-12,18H,2,10H2,1H3. The van der Waals surface area contributed by atoms with Crippen LogP contribution in [0.5, 0.6) is 0 Å². The van der Waals surface area contributed by atoms with E-state index in [1.807, 2.05) is 6.07 Å². The van der Waals surface area contributed by atoms with E-state index >= 15 is 0 Å². The number of benzene rings is 2. The molecule has 0 bridgehead atoms. The predicted octanol–water partition coefficient (Wildman–Crippen LogP) is 3.25. The molecule has 1 heterocycles. The van der Waals surface area contributed by atoms with Gasteiger partial charge in [0.05, 0.1) is 27.9 Å². The molecule has 2 aromatic carbocycles. The van der Waals surface area contributed by atoms with Crippen LogP contribution >= 0.6 is 0 Å². The van der Waals surface area contributed by atoms with Crippen LogP contribution in [0.25, 0.3) is 11.0 Å². The number of sulfonamides is 1. The molecule has 0 atom stereocenters. The van der Waals surface area contributed by atoms with Crippen LogP contribution in [0.3, 0.4) is 0 Å². The molecule has 0 aliphatic carbocycles. The van der Waals surface area contributed by atoms with E-state index in [0.29, 0.717) is 5.69 Å². The van der Waals surface area contributed by atoms with E-state index in [4.69, 9.17) is 0 Å². The molecule has 5 nitrogen and oxygen atoms in total. The number of fused-ring (bicyclic) bond motifs is 1. The summed E-state index contributed by atoms with van der Waals surface area (Å²) >= 11 is 0. The third kappa shape index (κ3) is 2.82. The first kappa shape index (κ1) is 14.6. The normalized spacial score (nSPS) is 11.7. The monoisotopic (exact) mass is 315 g/mol. The Balaban J connectivity index is 1.91. The summed E-state index contributed by atoms with van der Waals surface area (Å²) in [4.78, 5) is 4.57. The molecule has 22 heavy (non-hydrogen) atoms. The lowest BCUT2D eigenvalue weighted by Gasteiger charge is -2.08. The van der Waals surface area contributed by atoms with E-state index in [1.54, 1.807) is 48.8 Å². The van der Waals surface area contributed by atoms with Gasteiger partial charge < -0.3 is 4.57 Å². The van der Waals surface area contributed by atoms with Crippen molar-refractivity contribution in [3.05, 3.63) is 54.9 Å². The minimum absolute atomic E-state index is 0.242. The van der Waals surface area contributed by atoms with Gasteiger partial charge in [0.15, 0.2) is 0 Å². The lowest BCUT2D eigenvalue weighted by Crippen LogP contribution is -2.12. The van der Waals surface area contributed by atoms with Crippen molar-refractivity contribution in [1.82, 2.24) is 9.55 Å². The summed E-state index contributed by atoms with van der Waals surface area (Å²) in [5.41, 5.74) is 2.30. The summed E-state index contributed by atoms with van der Waals surface area (Å²) in [5.74, 6) is 0. The van der Waals surface area contributed by atoms with Crippen LogP contribution in [0.2, 0.25) is 0 Å². The van der Waals surface area contributed by atoms with Gasteiger partial charge >= 0.3 is 0 Å². The molecular formula is C16H17N3O2S. The summed E-state index contributed by atoms with van der Waals surface area (Å²) in [7, 11) is -3.57. The van der Waals surface area contributed by atoms with E-state index in [1.165, 1.54) is 0 Å². The second kappa shape index (κ2) is 5.81. The Labute approximate surface area is 129 Å². The van der Waals surface area contributed by atoms with Crippen molar-refractivity contribution in [2.45, 2.75) is 24.8 Å². The smallest absolute Gasteiger partial charge is 0.261 e. The zero-order valence-corrected chi connectivity index (χ0v) is 13.0. The van der Waals surface area contributed by atoms with Crippen LogP contribution in [0.15, 0.2) is 59.8 Å². The lowest BCUT2D eigenvalue weighted by atomic mass is 10.3. The van der Waals surface area contributed by atoms with Crippen LogP contribution in [0.4, 0.5) is 5.69 Å². The fraction of sp³-hybridized carbons (Fsp3) is 0.188. The maximum absolute atomic E-state index is 12.3. The van der Waals surface area contributed by atoms with Gasteiger partial charge in [-0.05, 0) is 36.8 Å². The molecule has 0 saturated carbocycles. The minimum atomic E-state index is -3.57. The molecule has 0 fully saturated rings. The van der Waals surface area contributed by atoms with Gasteiger partial charge in [0.25, 0.3) is 10.0 Å². The Hall–Kier alpha value is -2.34. The fourth-order valence-electron chi connectivity index (χ4n) is 2.36. The zero-order valence-electron chi connectivity index (χ0n) is 12.2. The highest BCUT2D eigenvalue weighted by atomic mass is 32.2. The molecule has 3 rings (SSSR count). The van der Waals surface area contributed by atoms with Gasteiger partial charge in [0, 0.05) is 6.54 Å². The number of aromatic nitrogens is 2. The van der Waals surface area contributed by atoms with E-state index < -0.39 is 10.0 Å². The number of nitrogens with one attached hydrogen (secondary N) is 1. The number of aryl methyl sites for hydroxylation is 1. The number of nitrogens with zero attached hydrogens (tertiary/aromatic N) is 2. The van der Waals surface area contributed by atoms with Crippen molar-refractivity contribution in [1.29, 1.82) is 0 Å². The number of hydrogen-bond donors (Lipinski definition) is 1. The Morgan fingerprint density at radius 1 is 1.14 bits per heavy atom. The molecule has 1 aromatic heterocycles. The van der Waals surface area contributed by atoms with Crippen LogP contribution in [0, 0.1) is 0 Å². The van der Waals surface area contributed by atoms with Gasteiger partial charge in [0.1, 0.15) is 0 Å². The highest BCUT2D eigenvalue weighted by Crippen LogP contribution is 2.21. The summed E-state index contributed by atoms with van der Waals surface area (Å²) in [6.45, 7) is 3.00. The Morgan fingerprint density at radius 2 is 1.91 bits per heavy atom. The van der Waals surface area contributed by atoms with Gasteiger partial charge in [-0.1, -0.05) is 25.1 Å². The largest absolute Gasteiger partial charge is 0.331 e. The predicted molar refractivity (Wildman–Crippen MR) is 87.3 cm³/mol. The molecular weight excluding hydrogens is 298 g/mol. The first-order chi connectivity index (χ1) is 10.6. The molecule has 114 valence electrons. The average Bonchev–Trinajstić information content (AvgIpc) is 2.91. The van der Waals surface area contributed by atoms with Crippen molar-refractivity contribution in [3.8, 4) is 0 Å². The quantitative estimate of drug-likeness (QED) is 0.786. The Bertz CT molecular complexity index is 886. The van der Waals surface area contributed by atoms with Gasteiger partial charge in [-0.25, -0.2) is 13.4 Å². The third-order valence-corrected chi connectivity index (χ3v) is 4.79. The molecule has 1 N–H and O–H groups in total. The fourth-order valence-corrected chi connectivity index (χ4v) is 3.43. The first-order valence-corrected chi connectivity index (χ1v) is 8.61. The SMILES string of the molecule is CCCn1cnc2cc(NS(=O)(=O)c3ccccc3)ccc21. The molecule has 3 aromatic rings. The third-order valence-electron chi connectivity index (χ3n) is 3.39. The van der Waals surface area contributed by atoms with Crippen molar-refractivity contribution >= 4 is 26.7 Å². The number of rotatable bonds is 5. The maximum Gasteiger partial charge on any atom is 0.261 e.